The van der Waals surface area contributed by atoms with Crippen LogP contribution in [0.2, 0.25) is 0 Å². The van der Waals surface area contributed by atoms with E-state index in [1.807, 2.05) is 30.3 Å². The van der Waals surface area contributed by atoms with E-state index in [9.17, 15) is 22.8 Å². The minimum atomic E-state index is -4.53. The second-order valence-electron chi connectivity index (χ2n) is 10.5. The number of para-hydroxylation sites is 1. The topological polar surface area (TPSA) is 83.1 Å². The molecule has 2 atom stereocenters. The predicted molar refractivity (Wildman–Crippen MR) is 156 cm³/mol. The summed E-state index contributed by atoms with van der Waals surface area (Å²) in [5.74, 6) is -0.284. The lowest BCUT2D eigenvalue weighted by molar-refractivity contribution is -0.140. The SMILES string of the molecule is COc1ccc([C@H]2CC(=O)C3=C(C2)NC(C)=C(C(=O)OCCOc2ccccc2)[C@H]3c2ccc(C(F)(F)F)cc2)cc1OC. The fourth-order valence-corrected chi connectivity index (χ4v) is 5.74. The van der Waals surface area contributed by atoms with E-state index in [2.05, 4.69) is 5.32 Å². The average molecular weight is 608 g/mol. The second-order valence-corrected chi connectivity index (χ2v) is 10.5. The molecule has 3 aromatic carbocycles. The molecule has 0 unspecified atom stereocenters. The summed E-state index contributed by atoms with van der Waals surface area (Å²) in [5, 5.41) is 3.25. The number of nitrogens with one attached hydrogen (secondary N) is 1. The van der Waals surface area contributed by atoms with Gasteiger partial charge in [-0.1, -0.05) is 36.4 Å². The zero-order valence-corrected chi connectivity index (χ0v) is 24.5. The number of dihydropyridines is 1. The number of carbonyl (C=O) groups is 2. The first-order valence-electron chi connectivity index (χ1n) is 14.1. The highest BCUT2D eigenvalue weighted by Crippen LogP contribution is 2.47. The fraction of sp³-hybridized carbons (Fsp3) is 0.294. The van der Waals surface area contributed by atoms with E-state index in [4.69, 9.17) is 18.9 Å². The molecule has 44 heavy (non-hydrogen) atoms. The molecule has 1 N–H and O–H groups in total. The van der Waals surface area contributed by atoms with Gasteiger partial charge < -0.3 is 24.3 Å². The lowest BCUT2D eigenvalue weighted by Crippen LogP contribution is -2.36. The maximum atomic E-state index is 13.9. The van der Waals surface area contributed by atoms with Gasteiger partial charge in [-0.15, -0.1) is 0 Å². The van der Waals surface area contributed by atoms with Crippen LogP contribution in [-0.2, 0) is 20.5 Å². The van der Waals surface area contributed by atoms with E-state index in [1.54, 1.807) is 32.2 Å². The third kappa shape index (κ3) is 6.44. The van der Waals surface area contributed by atoms with Crippen LogP contribution in [0.5, 0.6) is 17.2 Å². The molecule has 3 aromatic rings. The molecule has 2 aliphatic rings. The first kappa shape index (κ1) is 30.7. The average Bonchev–Trinajstić information content (AvgIpc) is 3.02. The van der Waals surface area contributed by atoms with Crippen LogP contribution in [0.1, 0.15) is 48.3 Å². The van der Waals surface area contributed by atoms with Crippen LogP contribution < -0.4 is 19.5 Å². The van der Waals surface area contributed by atoms with Crippen LogP contribution in [0.25, 0.3) is 0 Å². The van der Waals surface area contributed by atoms with E-state index in [0.717, 1.165) is 17.7 Å². The van der Waals surface area contributed by atoms with Crippen molar-refractivity contribution >= 4 is 11.8 Å². The Labute approximate surface area is 253 Å². The molecule has 0 radical (unpaired) electrons. The fourth-order valence-electron chi connectivity index (χ4n) is 5.74. The molecule has 1 heterocycles. The number of ketones is 1. The number of esters is 1. The molecule has 1 aliphatic carbocycles. The quantitative estimate of drug-likeness (QED) is 0.214. The summed E-state index contributed by atoms with van der Waals surface area (Å²) in [6.45, 7) is 1.73. The lowest BCUT2D eigenvalue weighted by Gasteiger charge is -2.37. The van der Waals surface area contributed by atoms with E-state index < -0.39 is 23.6 Å². The maximum Gasteiger partial charge on any atom is 0.416 e. The van der Waals surface area contributed by atoms with Gasteiger partial charge in [0.1, 0.15) is 19.0 Å². The molecular weight excluding hydrogens is 575 g/mol. The van der Waals surface area contributed by atoms with Gasteiger partial charge in [-0.3, -0.25) is 4.79 Å². The van der Waals surface area contributed by atoms with Crippen LogP contribution in [0.4, 0.5) is 13.2 Å². The van der Waals surface area contributed by atoms with Gasteiger partial charge >= 0.3 is 12.1 Å². The second kappa shape index (κ2) is 12.9. The van der Waals surface area contributed by atoms with Crippen LogP contribution >= 0.6 is 0 Å². The Morgan fingerprint density at radius 2 is 1.57 bits per heavy atom. The van der Waals surface area contributed by atoms with Crippen molar-refractivity contribution in [3.05, 3.63) is 112 Å². The van der Waals surface area contributed by atoms with Crippen molar-refractivity contribution < 1.29 is 41.7 Å². The minimum Gasteiger partial charge on any atom is -0.493 e. The van der Waals surface area contributed by atoms with Gasteiger partial charge in [-0.25, -0.2) is 4.79 Å². The summed E-state index contributed by atoms with van der Waals surface area (Å²) in [4.78, 5) is 27.4. The molecule has 5 rings (SSSR count). The standard InChI is InChI=1S/C34H32F3NO6/c1-20-30(33(40)44-16-15-43-25-7-5-4-6-8-25)31(21-9-12-24(13-10-21)34(35,36)37)32-26(38-20)17-23(18-27(32)39)22-11-14-28(41-2)29(19-22)42-3/h4-14,19,23,31,38H,15-18H2,1-3H3/t23-,31-/m1/s1. The van der Waals surface area contributed by atoms with E-state index >= 15 is 0 Å². The number of halogens is 3. The van der Waals surface area contributed by atoms with Gasteiger partial charge in [-0.2, -0.15) is 13.2 Å². The lowest BCUT2D eigenvalue weighted by atomic mass is 9.71. The molecule has 0 aromatic heterocycles. The number of rotatable bonds is 9. The van der Waals surface area contributed by atoms with Gasteiger partial charge in [-0.05, 0) is 66.8 Å². The number of hydrogen-bond acceptors (Lipinski definition) is 7. The monoisotopic (exact) mass is 607 g/mol. The van der Waals surface area contributed by atoms with Crippen molar-refractivity contribution in [3.63, 3.8) is 0 Å². The Kier molecular flexibility index (Phi) is 8.98. The Balaban J connectivity index is 1.45. The van der Waals surface area contributed by atoms with E-state index in [0.29, 0.717) is 46.2 Å². The summed E-state index contributed by atoms with van der Waals surface area (Å²) < 4.78 is 62.1. The number of alkyl halides is 3. The summed E-state index contributed by atoms with van der Waals surface area (Å²) in [6, 6.07) is 19.1. The summed E-state index contributed by atoms with van der Waals surface area (Å²) in [5.41, 5.74) is 2.03. The molecule has 0 saturated carbocycles. The highest BCUT2D eigenvalue weighted by molar-refractivity contribution is 6.04. The number of methoxy groups -OCH3 is 2. The number of Topliss-reactive ketones (excluding diaryl/α,β-unsaturated/α-hetero) is 1. The molecule has 230 valence electrons. The molecule has 0 bridgehead atoms. The third-order valence-electron chi connectivity index (χ3n) is 7.83. The van der Waals surface area contributed by atoms with Gasteiger partial charge in [0.15, 0.2) is 17.3 Å². The van der Waals surface area contributed by atoms with Gasteiger partial charge in [0, 0.05) is 29.3 Å². The largest absolute Gasteiger partial charge is 0.493 e. The molecule has 10 heteroatoms. The summed E-state index contributed by atoms with van der Waals surface area (Å²) in [7, 11) is 3.08. The number of hydrogen-bond donors (Lipinski definition) is 1. The zero-order chi connectivity index (χ0) is 31.4. The van der Waals surface area contributed by atoms with E-state index in [1.165, 1.54) is 19.2 Å². The third-order valence-corrected chi connectivity index (χ3v) is 7.83. The molecule has 0 saturated heterocycles. The first-order chi connectivity index (χ1) is 21.1. The normalized spacial score (nSPS) is 18.4. The van der Waals surface area contributed by atoms with Crippen molar-refractivity contribution in [1.82, 2.24) is 5.32 Å². The molecule has 0 fully saturated rings. The Bertz CT molecular complexity index is 1600. The van der Waals surface area contributed by atoms with Crippen LogP contribution in [-0.4, -0.2) is 39.2 Å². The van der Waals surface area contributed by atoms with E-state index in [-0.39, 0.29) is 36.9 Å². The Hall–Kier alpha value is -4.73. The molecule has 0 spiro atoms. The Morgan fingerprint density at radius 3 is 2.23 bits per heavy atom. The zero-order valence-electron chi connectivity index (χ0n) is 24.5. The maximum absolute atomic E-state index is 13.9. The van der Waals surface area contributed by atoms with Crippen molar-refractivity contribution in [2.75, 3.05) is 27.4 Å². The predicted octanol–water partition coefficient (Wildman–Crippen LogP) is 6.71. The molecular formula is C34H32F3NO6. The molecule has 1 aliphatic heterocycles. The molecule has 0 amide bonds. The van der Waals surface area contributed by atoms with Crippen molar-refractivity contribution in [3.8, 4) is 17.2 Å². The summed E-state index contributed by atoms with van der Waals surface area (Å²) >= 11 is 0. The Morgan fingerprint density at radius 1 is 0.886 bits per heavy atom. The first-order valence-corrected chi connectivity index (χ1v) is 14.1. The van der Waals surface area contributed by atoms with Crippen LogP contribution in [0, 0.1) is 0 Å². The van der Waals surface area contributed by atoms with Gasteiger partial charge in [0.2, 0.25) is 0 Å². The van der Waals surface area contributed by atoms with Gasteiger partial charge in [0.05, 0.1) is 25.4 Å². The summed E-state index contributed by atoms with van der Waals surface area (Å²) in [6.07, 6.45) is -3.95. The van der Waals surface area contributed by atoms with Crippen molar-refractivity contribution in [1.29, 1.82) is 0 Å². The number of carbonyl (C=O) groups excluding carboxylic acids is 2. The number of allylic oxidation sites excluding steroid dienone is 3. The molecule has 7 nitrogen and oxygen atoms in total. The highest BCUT2D eigenvalue weighted by Gasteiger charge is 2.42. The van der Waals surface area contributed by atoms with Crippen LogP contribution in [0.3, 0.4) is 0 Å². The number of ether oxygens (including phenoxy) is 4. The van der Waals surface area contributed by atoms with Crippen molar-refractivity contribution in [2.45, 2.75) is 37.8 Å². The van der Waals surface area contributed by atoms with Crippen molar-refractivity contribution in [2.24, 2.45) is 0 Å². The minimum absolute atomic E-state index is 0.0640. The number of benzene rings is 3. The van der Waals surface area contributed by atoms with Crippen LogP contribution in [0.15, 0.2) is 95.3 Å². The highest BCUT2D eigenvalue weighted by atomic mass is 19.4. The smallest absolute Gasteiger partial charge is 0.416 e. The van der Waals surface area contributed by atoms with Gasteiger partial charge in [0.25, 0.3) is 0 Å².